The van der Waals surface area contributed by atoms with Gasteiger partial charge in [0.25, 0.3) is 0 Å². The number of hydrazine groups is 1. The topological polar surface area (TPSA) is 132 Å². The van der Waals surface area contributed by atoms with E-state index in [2.05, 4.69) is 17.6 Å². The van der Waals surface area contributed by atoms with Gasteiger partial charge in [-0.05, 0) is 6.42 Å². The van der Waals surface area contributed by atoms with Crippen LogP contribution >= 0.6 is 0 Å². The van der Waals surface area contributed by atoms with E-state index in [-0.39, 0.29) is 36.0 Å². The highest BCUT2D eigenvalue weighted by Crippen LogP contribution is 2.21. The molecular weight excluding hydrogens is 340 g/mol. The Labute approximate surface area is 155 Å². The summed E-state index contributed by atoms with van der Waals surface area (Å²) in [5, 5.41) is 5.50. The fourth-order valence-electron chi connectivity index (χ4n) is 2.19. The molecule has 26 heavy (non-hydrogen) atoms. The molecule has 0 aromatic heterocycles. The van der Waals surface area contributed by atoms with Gasteiger partial charge in [-0.25, -0.2) is 5.84 Å². The van der Waals surface area contributed by atoms with Crippen molar-refractivity contribution in [1.29, 1.82) is 0 Å². The maximum atomic E-state index is 12.0. The number of amides is 3. The molecule has 0 rings (SSSR count). The van der Waals surface area contributed by atoms with Crippen molar-refractivity contribution in [3.63, 3.8) is 0 Å². The van der Waals surface area contributed by atoms with Gasteiger partial charge in [-0.3, -0.25) is 19.8 Å². The second-order valence-corrected chi connectivity index (χ2v) is 6.53. The van der Waals surface area contributed by atoms with E-state index in [1.807, 2.05) is 19.3 Å². The second kappa shape index (κ2) is 14.5. The quantitative estimate of drug-likeness (QED) is 0.136. The molecular formula is C17H34N4O5. The van der Waals surface area contributed by atoms with Crippen molar-refractivity contribution in [1.82, 2.24) is 16.1 Å². The summed E-state index contributed by atoms with van der Waals surface area (Å²) < 4.78 is 10.7. The number of nitrogens with one attached hydrogen (secondary N) is 3. The minimum atomic E-state index is -0.376. The fourth-order valence-corrected chi connectivity index (χ4v) is 2.19. The molecule has 0 spiro atoms. The summed E-state index contributed by atoms with van der Waals surface area (Å²) in [4.78, 5) is 34.2. The van der Waals surface area contributed by atoms with Crippen molar-refractivity contribution in [3.05, 3.63) is 0 Å². The third-order valence-corrected chi connectivity index (χ3v) is 3.70. The monoisotopic (exact) mass is 374 g/mol. The Morgan fingerprint density at radius 2 is 1.42 bits per heavy atom. The van der Waals surface area contributed by atoms with Crippen LogP contribution < -0.4 is 21.9 Å². The average molecular weight is 374 g/mol. The molecule has 0 aliphatic rings. The molecule has 0 saturated heterocycles. The van der Waals surface area contributed by atoms with Crippen LogP contribution in [0.25, 0.3) is 0 Å². The summed E-state index contributed by atoms with van der Waals surface area (Å²) in [5.74, 6) is 4.36. The SMILES string of the molecule is CCCC(C)(C)C(=O)NCCOCCOCCNC(=O)CCC(=O)NN. The highest BCUT2D eigenvalue weighted by Gasteiger charge is 2.25. The largest absolute Gasteiger partial charge is 0.377 e. The van der Waals surface area contributed by atoms with E-state index in [1.165, 1.54) is 0 Å². The van der Waals surface area contributed by atoms with Gasteiger partial charge >= 0.3 is 0 Å². The van der Waals surface area contributed by atoms with Gasteiger partial charge in [0.2, 0.25) is 17.7 Å². The Hall–Kier alpha value is -1.71. The first kappa shape index (κ1) is 24.3. The molecule has 0 radical (unpaired) electrons. The summed E-state index contributed by atoms with van der Waals surface area (Å²) in [6, 6.07) is 0. The molecule has 5 N–H and O–H groups in total. The van der Waals surface area contributed by atoms with Gasteiger partial charge in [0.1, 0.15) is 0 Å². The average Bonchev–Trinajstić information content (AvgIpc) is 2.60. The Morgan fingerprint density at radius 3 is 1.96 bits per heavy atom. The van der Waals surface area contributed by atoms with Crippen LogP contribution in [0.5, 0.6) is 0 Å². The number of hydrogen-bond donors (Lipinski definition) is 4. The second-order valence-electron chi connectivity index (χ2n) is 6.53. The molecule has 0 atom stereocenters. The van der Waals surface area contributed by atoms with Crippen molar-refractivity contribution >= 4 is 17.7 Å². The van der Waals surface area contributed by atoms with Crippen LogP contribution in [-0.4, -0.2) is 57.2 Å². The summed E-state index contributed by atoms with van der Waals surface area (Å²) in [6.07, 6.45) is 1.97. The van der Waals surface area contributed by atoms with Gasteiger partial charge in [-0.15, -0.1) is 0 Å². The molecule has 0 aromatic carbocycles. The lowest BCUT2D eigenvalue weighted by Gasteiger charge is -2.22. The van der Waals surface area contributed by atoms with Crippen LogP contribution in [0.15, 0.2) is 0 Å². The molecule has 9 heteroatoms. The lowest BCUT2D eigenvalue weighted by atomic mass is 9.87. The normalized spacial score (nSPS) is 11.1. The summed E-state index contributed by atoms with van der Waals surface area (Å²) in [7, 11) is 0. The first-order valence-electron chi connectivity index (χ1n) is 9.03. The van der Waals surface area contributed by atoms with Gasteiger partial charge in [0.05, 0.1) is 26.4 Å². The zero-order valence-electron chi connectivity index (χ0n) is 16.2. The number of carbonyl (C=O) groups excluding carboxylic acids is 3. The standard InChI is InChI=1S/C17H34N4O5/c1-4-7-17(2,3)16(24)20-9-11-26-13-12-25-10-8-19-14(22)5-6-15(23)21-18/h4-13,18H2,1-3H3,(H,19,22)(H,20,24)(H,21,23). The Bertz CT molecular complexity index is 429. The third-order valence-electron chi connectivity index (χ3n) is 3.70. The number of hydrogen-bond acceptors (Lipinski definition) is 6. The molecule has 3 amide bonds. The van der Waals surface area contributed by atoms with E-state index in [9.17, 15) is 14.4 Å². The van der Waals surface area contributed by atoms with E-state index < -0.39 is 0 Å². The predicted octanol–water partition coefficient (Wildman–Crippen LogP) is -0.152. The summed E-state index contributed by atoms with van der Waals surface area (Å²) in [5.41, 5.74) is 1.61. The van der Waals surface area contributed by atoms with Crippen molar-refractivity contribution in [2.24, 2.45) is 11.3 Å². The molecule has 0 saturated carbocycles. The van der Waals surface area contributed by atoms with Crippen molar-refractivity contribution in [2.45, 2.75) is 46.5 Å². The Kier molecular flexibility index (Phi) is 13.5. The van der Waals surface area contributed by atoms with Crippen LogP contribution in [0.1, 0.15) is 46.5 Å². The molecule has 9 nitrogen and oxygen atoms in total. The molecule has 0 aliphatic heterocycles. The molecule has 0 aliphatic carbocycles. The fraction of sp³-hybridized carbons (Fsp3) is 0.824. The van der Waals surface area contributed by atoms with E-state index in [0.717, 1.165) is 12.8 Å². The third kappa shape index (κ3) is 12.6. The molecule has 0 aromatic rings. The minimum Gasteiger partial charge on any atom is -0.377 e. The number of nitrogens with two attached hydrogens (primary N) is 1. The molecule has 0 unspecified atom stereocenters. The first-order chi connectivity index (χ1) is 12.3. The highest BCUT2D eigenvalue weighted by atomic mass is 16.5. The van der Waals surface area contributed by atoms with Crippen molar-refractivity contribution in [2.75, 3.05) is 39.5 Å². The zero-order chi connectivity index (χ0) is 19.8. The van der Waals surface area contributed by atoms with Crippen molar-refractivity contribution < 1.29 is 23.9 Å². The smallest absolute Gasteiger partial charge is 0.234 e. The van der Waals surface area contributed by atoms with Crippen molar-refractivity contribution in [3.8, 4) is 0 Å². The van der Waals surface area contributed by atoms with Gasteiger partial charge in [-0.1, -0.05) is 27.2 Å². The minimum absolute atomic E-state index is 0.0406. The number of rotatable bonds is 15. The maximum absolute atomic E-state index is 12.0. The Morgan fingerprint density at radius 1 is 0.885 bits per heavy atom. The summed E-state index contributed by atoms with van der Waals surface area (Å²) >= 11 is 0. The van der Waals surface area contributed by atoms with E-state index >= 15 is 0 Å². The highest BCUT2D eigenvalue weighted by molar-refractivity contribution is 5.83. The van der Waals surface area contributed by atoms with Crippen LogP contribution in [0, 0.1) is 5.41 Å². The molecule has 0 bridgehead atoms. The van der Waals surface area contributed by atoms with Gasteiger partial charge in [0, 0.05) is 31.3 Å². The summed E-state index contributed by atoms with van der Waals surface area (Å²) in [6.45, 7) is 8.38. The van der Waals surface area contributed by atoms with Gasteiger partial charge < -0.3 is 20.1 Å². The van der Waals surface area contributed by atoms with Crippen LogP contribution in [0.2, 0.25) is 0 Å². The van der Waals surface area contributed by atoms with Crippen LogP contribution in [-0.2, 0) is 23.9 Å². The van der Waals surface area contributed by atoms with E-state index in [1.54, 1.807) is 0 Å². The first-order valence-corrected chi connectivity index (χ1v) is 9.03. The van der Waals surface area contributed by atoms with Gasteiger partial charge in [0.15, 0.2) is 0 Å². The number of carbonyl (C=O) groups is 3. The van der Waals surface area contributed by atoms with Crippen LogP contribution in [0.3, 0.4) is 0 Å². The Balaban J connectivity index is 3.45. The maximum Gasteiger partial charge on any atom is 0.234 e. The lowest BCUT2D eigenvalue weighted by Crippen LogP contribution is -2.38. The molecule has 0 heterocycles. The van der Waals surface area contributed by atoms with Gasteiger partial charge in [-0.2, -0.15) is 0 Å². The van der Waals surface area contributed by atoms with E-state index in [4.69, 9.17) is 15.3 Å². The number of ether oxygens (including phenoxy) is 2. The zero-order valence-corrected chi connectivity index (χ0v) is 16.2. The van der Waals surface area contributed by atoms with Crippen LogP contribution in [0.4, 0.5) is 0 Å². The lowest BCUT2D eigenvalue weighted by molar-refractivity contribution is -0.130. The van der Waals surface area contributed by atoms with E-state index in [0.29, 0.717) is 39.5 Å². The molecule has 0 fully saturated rings. The molecule has 152 valence electrons. The predicted molar refractivity (Wildman–Crippen MR) is 97.9 cm³/mol.